The molecule has 28 heavy (non-hydrogen) atoms. The Morgan fingerprint density at radius 2 is 2.07 bits per heavy atom. The fraction of sp³-hybridized carbons (Fsp3) is 0.429. The second-order valence-electron chi connectivity index (χ2n) is 7.99. The summed E-state index contributed by atoms with van der Waals surface area (Å²) in [6, 6.07) is 10.4. The molecule has 2 saturated heterocycles. The van der Waals surface area contributed by atoms with E-state index in [1.54, 1.807) is 37.3 Å². The Kier molecular flexibility index (Phi) is 4.93. The Morgan fingerprint density at radius 1 is 1.25 bits per heavy atom. The van der Waals surface area contributed by atoms with E-state index in [0.717, 1.165) is 30.8 Å². The summed E-state index contributed by atoms with van der Waals surface area (Å²) >= 11 is 0. The van der Waals surface area contributed by atoms with Gasteiger partial charge in [0.1, 0.15) is 11.6 Å². The van der Waals surface area contributed by atoms with Gasteiger partial charge < -0.3 is 15.5 Å². The largest absolute Gasteiger partial charge is 0.383 e. The Morgan fingerprint density at radius 3 is 2.79 bits per heavy atom. The molecule has 2 amide bonds. The molecular weight excluding hydrogens is 357 g/mol. The topological polar surface area (TPSA) is 65.7 Å². The number of benzene rings is 1. The van der Waals surface area contributed by atoms with E-state index in [-0.39, 0.29) is 23.8 Å². The quantitative estimate of drug-likeness (QED) is 0.885. The van der Waals surface area contributed by atoms with Crippen LogP contribution in [-0.4, -0.2) is 59.4 Å². The van der Waals surface area contributed by atoms with E-state index in [2.05, 4.69) is 9.88 Å². The van der Waals surface area contributed by atoms with Crippen molar-refractivity contribution in [3.63, 3.8) is 0 Å². The maximum Gasteiger partial charge on any atom is 0.320 e. The number of fused-ring (bicyclic) bond motifs is 1. The normalized spacial score (nSPS) is 24.4. The van der Waals surface area contributed by atoms with Gasteiger partial charge in [-0.2, -0.15) is 0 Å². The van der Waals surface area contributed by atoms with E-state index >= 15 is 0 Å². The molecule has 2 fully saturated rings. The average molecular weight is 383 g/mol. The second kappa shape index (κ2) is 7.39. The van der Waals surface area contributed by atoms with Gasteiger partial charge in [-0.25, -0.2) is 14.2 Å². The van der Waals surface area contributed by atoms with Crippen LogP contribution in [0.1, 0.15) is 17.2 Å². The highest BCUT2D eigenvalue weighted by atomic mass is 19.1. The van der Waals surface area contributed by atoms with Crippen LogP contribution in [0.2, 0.25) is 0 Å². The number of carbonyl (C=O) groups is 1. The minimum absolute atomic E-state index is 0.0216. The van der Waals surface area contributed by atoms with Crippen molar-refractivity contribution in [2.24, 2.45) is 11.8 Å². The molecule has 0 spiro atoms. The minimum atomic E-state index is -0.267. The fourth-order valence-corrected chi connectivity index (χ4v) is 4.66. The van der Waals surface area contributed by atoms with Crippen LogP contribution in [0.4, 0.5) is 15.0 Å². The molecular formula is C21H26FN5O. The SMILES string of the molecule is CN(C)C(=O)N1C[C@H]2CN(Cc3cccnc3N)C[C@H]2[C@H]1c1cccc(F)c1. The van der Waals surface area contributed by atoms with Crippen molar-refractivity contribution in [2.45, 2.75) is 12.6 Å². The molecule has 2 aliphatic heterocycles. The number of carbonyl (C=O) groups excluding carboxylic acids is 1. The van der Waals surface area contributed by atoms with Crippen LogP contribution >= 0.6 is 0 Å². The van der Waals surface area contributed by atoms with Crippen LogP contribution in [0.3, 0.4) is 0 Å². The highest BCUT2D eigenvalue weighted by Crippen LogP contribution is 2.45. The van der Waals surface area contributed by atoms with Gasteiger partial charge in [0, 0.05) is 58.0 Å². The van der Waals surface area contributed by atoms with Gasteiger partial charge in [0.2, 0.25) is 0 Å². The number of amides is 2. The first-order chi connectivity index (χ1) is 13.4. The van der Waals surface area contributed by atoms with Gasteiger partial charge in [-0.3, -0.25) is 4.90 Å². The molecule has 0 radical (unpaired) electrons. The summed E-state index contributed by atoms with van der Waals surface area (Å²) in [6.45, 7) is 3.16. The minimum Gasteiger partial charge on any atom is -0.383 e. The van der Waals surface area contributed by atoms with Crippen LogP contribution < -0.4 is 5.73 Å². The summed E-state index contributed by atoms with van der Waals surface area (Å²) in [7, 11) is 3.52. The number of halogens is 1. The van der Waals surface area contributed by atoms with Crippen molar-refractivity contribution in [2.75, 3.05) is 39.5 Å². The second-order valence-corrected chi connectivity index (χ2v) is 7.99. The van der Waals surface area contributed by atoms with E-state index < -0.39 is 0 Å². The molecule has 0 saturated carbocycles. The summed E-state index contributed by atoms with van der Waals surface area (Å²) < 4.78 is 13.9. The van der Waals surface area contributed by atoms with E-state index in [1.165, 1.54) is 6.07 Å². The lowest BCUT2D eigenvalue weighted by molar-refractivity contribution is 0.151. The third-order valence-electron chi connectivity index (χ3n) is 5.88. The molecule has 7 heteroatoms. The van der Waals surface area contributed by atoms with Crippen molar-refractivity contribution >= 4 is 11.8 Å². The average Bonchev–Trinajstić information content (AvgIpc) is 3.20. The number of urea groups is 1. The van der Waals surface area contributed by atoms with Gasteiger partial charge in [-0.05, 0) is 29.7 Å². The molecule has 2 N–H and O–H groups in total. The number of pyridine rings is 1. The van der Waals surface area contributed by atoms with Crippen molar-refractivity contribution in [1.82, 2.24) is 19.7 Å². The first-order valence-electron chi connectivity index (χ1n) is 9.59. The molecule has 2 aliphatic rings. The van der Waals surface area contributed by atoms with Crippen molar-refractivity contribution < 1.29 is 9.18 Å². The zero-order valence-electron chi connectivity index (χ0n) is 16.3. The van der Waals surface area contributed by atoms with Crippen LogP contribution in [0.5, 0.6) is 0 Å². The summed E-state index contributed by atoms with van der Waals surface area (Å²) in [5, 5.41) is 0. The van der Waals surface area contributed by atoms with Crippen molar-refractivity contribution in [1.29, 1.82) is 0 Å². The number of nitrogen functional groups attached to an aromatic ring is 1. The van der Waals surface area contributed by atoms with Gasteiger partial charge in [0.25, 0.3) is 0 Å². The van der Waals surface area contributed by atoms with E-state index in [4.69, 9.17) is 5.73 Å². The summed E-state index contributed by atoms with van der Waals surface area (Å²) in [4.78, 5) is 22.8. The number of nitrogens with zero attached hydrogens (tertiary/aromatic N) is 4. The number of hydrogen-bond donors (Lipinski definition) is 1. The molecule has 1 aromatic carbocycles. The standard InChI is InChI=1S/C21H26FN5O/c1-25(2)21(28)27-12-16-11-26(10-15-6-4-8-24-20(15)23)13-18(16)19(27)14-5-3-7-17(22)9-14/h3-9,16,18-19H,10-13H2,1-2H3,(H2,23,24)/t16-,18-,19-/m1/s1. The molecule has 2 aromatic rings. The number of nitrogens with two attached hydrogens (primary N) is 1. The first-order valence-corrected chi connectivity index (χ1v) is 9.59. The molecule has 0 unspecified atom stereocenters. The molecule has 3 atom stereocenters. The predicted octanol–water partition coefficient (Wildman–Crippen LogP) is 2.59. The molecule has 0 bridgehead atoms. The molecule has 1 aromatic heterocycles. The predicted molar refractivity (Wildman–Crippen MR) is 106 cm³/mol. The van der Waals surface area contributed by atoms with Gasteiger partial charge >= 0.3 is 6.03 Å². The number of likely N-dealkylation sites (tertiary alicyclic amines) is 2. The molecule has 3 heterocycles. The Labute approximate surface area is 164 Å². The zero-order valence-corrected chi connectivity index (χ0v) is 16.3. The summed E-state index contributed by atoms with van der Waals surface area (Å²) in [6.07, 6.45) is 1.70. The maximum atomic E-state index is 13.9. The molecule has 4 rings (SSSR count). The summed E-state index contributed by atoms with van der Waals surface area (Å²) in [5.41, 5.74) is 7.89. The molecule has 6 nitrogen and oxygen atoms in total. The monoisotopic (exact) mass is 383 g/mol. The highest BCUT2D eigenvalue weighted by Gasteiger charge is 2.49. The van der Waals surface area contributed by atoms with Crippen LogP contribution in [0, 0.1) is 17.7 Å². The lowest BCUT2D eigenvalue weighted by Gasteiger charge is -2.32. The van der Waals surface area contributed by atoms with Crippen molar-refractivity contribution in [3.8, 4) is 0 Å². The van der Waals surface area contributed by atoms with Crippen LogP contribution in [0.25, 0.3) is 0 Å². The molecule has 0 aliphatic carbocycles. The lowest BCUT2D eigenvalue weighted by atomic mass is 9.89. The molecule has 148 valence electrons. The zero-order chi connectivity index (χ0) is 19.8. The van der Waals surface area contributed by atoms with Crippen LogP contribution in [0.15, 0.2) is 42.6 Å². The number of anilines is 1. The van der Waals surface area contributed by atoms with E-state index in [9.17, 15) is 9.18 Å². The third kappa shape index (κ3) is 3.42. The van der Waals surface area contributed by atoms with E-state index in [1.807, 2.05) is 23.1 Å². The van der Waals surface area contributed by atoms with Crippen molar-refractivity contribution in [3.05, 3.63) is 59.5 Å². The number of aromatic nitrogens is 1. The van der Waals surface area contributed by atoms with Gasteiger partial charge in [0.15, 0.2) is 0 Å². The fourth-order valence-electron chi connectivity index (χ4n) is 4.66. The number of rotatable bonds is 3. The highest BCUT2D eigenvalue weighted by molar-refractivity contribution is 5.75. The maximum absolute atomic E-state index is 13.9. The van der Waals surface area contributed by atoms with Gasteiger partial charge in [-0.15, -0.1) is 0 Å². The van der Waals surface area contributed by atoms with Crippen LogP contribution in [-0.2, 0) is 6.54 Å². The lowest BCUT2D eigenvalue weighted by Crippen LogP contribution is -2.41. The Hall–Kier alpha value is -2.67. The Balaban J connectivity index is 1.58. The third-order valence-corrected chi connectivity index (χ3v) is 5.88. The smallest absolute Gasteiger partial charge is 0.320 e. The van der Waals surface area contributed by atoms with Gasteiger partial charge in [0.05, 0.1) is 6.04 Å². The summed E-state index contributed by atoms with van der Waals surface area (Å²) in [5.74, 6) is 0.917. The van der Waals surface area contributed by atoms with E-state index in [0.29, 0.717) is 18.3 Å². The first kappa shape index (κ1) is 18.7. The van der Waals surface area contributed by atoms with Gasteiger partial charge in [-0.1, -0.05) is 18.2 Å². The Bertz CT molecular complexity index is 873. The number of hydrogen-bond acceptors (Lipinski definition) is 4.